The second kappa shape index (κ2) is 12.0. The van der Waals surface area contributed by atoms with Crippen molar-refractivity contribution in [3.8, 4) is 5.88 Å². The Balaban J connectivity index is 1.09. The number of piperidine rings is 1. The zero-order valence-electron chi connectivity index (χ0n) is 23.1. The molecule has 210 valence electrons. The molecule has 0 amide bonds. The molecular weight excluding hydrogens is 518 g/mol. The fourth-order valence-electron chi connectivity index (χ4n) is 5.56. The summed E-state index contributed by atoms with van der Waals surface area (Å²) >= 11 is 0. The largest absolute Gasteiger partial charge is 0.478 e. The summed E-state index contributed by atoms with van der Waals surface area (Å²) in [5, 5.41) is 10.6. The topological polar surface area (TPSA) is 103 Å². The van der Waals surface area contributed by atoms with Gasteiger partial charge in [0.1, 0.15) is 12.4 Å². The third-order valence-corrected chi connectivity index (χ3v) is 7.76. The van der Waals surface area contributed by atoms with Gasteiger partial charge in [-0.3, -0.25) is 9.88 Å². The fourth-order valence-corrected chi connectivity index (χ4v) is 5.56. The average Bonchev–Trinajstić information content (AvgIpc) is 3.35. The molecule has 0 unspecified atom stereocenters. The summed E-state index contributed by atoms with van der Waals surface area (Å²) in [5.74, 6) is 0.996. The van der Waals surface area contributed by atoms with E-state index in [1.807, 2.05) is 30.3 Å². The van der Waals surface area contributed by atoms with Crippen LogP contribution in [-0.4, -0.2) is 62.3 Å². The van der Waals surface area contributed by atoms with E-state index in [4.69, 9.17) is 19.4 Å². The summed E-state index contributed by atoms with van der Waals surface area (Å²) in [6.45, 7) is 4.16. The van der Waals surface area contributed by atoms with Crippen LogP contribution in [0.5, 0.6) is 5.88 Å². The minimum atomic E-state index is -0.940. The summed E-state index contributed by atoms with van der Waals surface area (Å²) < 4.78 is 13.5. The summed E-state index contributed by atoms with van der Waals surface area (Å²) in [6.07, 6.45) is 3.79. The molecule has 1 aliphatic rings. The van der Waals surface area contributed by atoms with Crippen LogP contribution >= 0.6 is 0 Å². The van der Waals surface area contributed by atoms with Gasteiger partial charge in [0.15, 0.2) is 0 Å². The van der Waals surface area contributed by atoms with Crippen molar-refractivity contribution in [3.05, 3.63) is 95.6 Å². The van der Waals surface area contributed by atoms with Crippen LogP contribution in [0.15, 0.2) is 72.9 Å². The lowest BCUT2D eigenvalue weighted by Gasteiger charge is -2.31. The molecule has 3 aromatic heterocycles. The monoisotopic (exact) mass is 551 g/mol. The molecule has 6 rings (SSSR count). The lowest BCUT2D eigenvalue weighted by atomic mass is 9.93. The van der Waals surface area contributed by atoms with Crippen LogP contribution in [0, 0.1) is 0 Å². The first-order valence-corrected chi connectivity index (χ1v) is 13.9. The summed E-state index contributed by atoms with van der Waals surface area (Å²) in [4.78, 5) is 28.0. The summed E-state index contributed by atoms with van der Waals surface area (Å²) in [7, 11) is 1.67. The maximum absolute atomic E-state index is 11.5. The van der Waals surface area contributed by atoms with Crippen molar-refractivity contribution in [2.75, 3.05) is 26.8 Å². The Morgan fingerprint density at radius 2 is 1.85 bits per heavy atom. The van der Waals surface area contributed by atoms with E-state index in [1.165, 1.54) is 0 Å². The molecule has 0 bridgehead atoms. The highest BCUT2D eigenvalue weighted by Gasteiger charge is 2.24. The third-order valence-electron chi connectivity index (χ3n) is 7.76. The second-order valence-corrected chi connectivity index (χ2v) is 10.5. The molecule has 41 heavy (non-hydrogen) atoms. The van der Waals surface area contributed by atoms with E-state index < -0.39 is 5.97 Å². The first kappa shape index (κ1) is 26.9. The van der Waals surface area contributed by atoms with E-state index in [9.17, 15) is 9.90 Å². The number of nitrogens with zero attached hydrogens (tertiary/aromatic N) is 5. The van der Waals surface area contributed by atoms with Crippen molar-refractivity contribution >= 4 is 27.9 Å². The minimum Gasteiger partial charge on any atom is -0.478 e. The zero-order chi connectivity index (χ0) is 28.2. The number of benzene rings is 2. The van der Waals surface area contributed by atoms with Gasteiger partial charge in [0.2, 0.25) is 5.88 Å². The quantitative estimate of drug-likeness (QED) is 0.250. The number of hydrogen-bond donors (Lipinski definition) is 1. The number of hydrogen-bond acceptors (Lipinski definition) is 7. The number of rotatable bonds is 10. The molecule has 0 atom stereocenters. The molecule has 2 aromatic carbocycles. The Hall–Kier alpha value is -4.34. The van der Waals surface area contributed by atoms with Crippen molar-refractivity contribution in [1.82, 2.24) is 24.4 Å². The van der Waals surface area contributed by atoms with Crippen LogP contribution in [-0.2, 0) is 24.4 Å². The number of methoxy groups -OCH3 is 1. The second-order valence-electron chi connectivity index (χ2n) is 10.5. The van der Waals surface area contributed by atoms with Crippen molar-refractivity contribution in [2.45, 2.75) is 38.5 Å². The molecule has 1 aliphatic heterocycles. The number of carboxylic acids is 1. The van der Waals surface area contributed by atoms with E-state index in [-0.39, 0.29) is 5.56 Å². The fraction of sp³-hybridized carbons (Fsp3) is 0.312. The minimum absolute atomic E-state index is 0.261. The highest BCUT2D eigenvalue weighted by Crippen LogP contribution is 2.29. The van der Waals surface area contributed by atoms with Crippen LogP contribution in [0.2, 0.25) is 0 Å². The molecular formula is C32H33N5O4. The maximum Gasteiger partial charge on any atom is 0.335 e. The van der Waals surface area contributed by atoms with Crippen molar-refractivity contribution in [3.63, 3.8) is 0 Å². The summed E-state index contributed by atoms with van der Waals surface area (Å²) in [5.41, 5.74) is 5.02. The van der Waals surface area contributed by atoms with Gasteiger partial charge >= 0.3 is 5.97 Å². The molecule has 9 nitrogen and oxygen atoms in total. The van der Waals surface area contributed by atoms with Gasteiger partial charge in [-0.2, -0.15) is 0 Å². The van der Waals surface area contributed by atoms with E-state index in [1.54, 1.807) is 31.5 Å². The van der Waals surface area contributed by atoms with Gasteiger partial charge in [0.05, 0.1) is 35.3 Å². The molecule has 4 heterocycles. The number of carboxylic acid groups (broad SMARTS) is 1. The molecule has 0 saturated carbocycles. The van der Waals surface area contributed by atoms with Gasteiger partial charge in [-0.25, -0.2) is 14.8 Å². The Labute approximate surface area is 238 Å². The molecule has 1 N–H and O–H groups in total. The number of carbonyl (C=O) groups is 1. The van der Waals surface area contributed by atoms with Crippen LogP contribution in [0.3, 0.4) is 0 Å². The van der Waals surface area contributed by atoms with Gasteiger partial charge in [0, 0.05) is 42.9 Å². The van der Waals surface area contributed by atoms with Gasteiger partial charge in [-0.1, -0.05) is 18.2 Å². The van der Waals surface area contributed by atoms with Crippen molar-refractivity contribution in [2.24, 2.45) is 0 Å². The normalized spacial score (nSPS) is 14.6. The first-order valence-electron chi connectivity index (χ1n) is 13.9. The van der Waals surface area contributed by atoms with Crippen LogP contribution in [0.4, 0.5) is 0 Å². The number of likely N-dealkylation sites (tertiary alicyclic amines) is 1. The van der Waals surface area contributed by atoms with E-state index in [0.29, 0.717) is 38.1 Å². The molecule has 5 aromatic rings. The highest BCUT2D eigenvalue weighted by atomic mass is 16.5. The van der Waals surface area contributed by atoms with E-state index >= 15 is 0 Å². The zero-order valence-corrected chi connectivity index (χ0v) is 23.1. The SMILES string of the molecule is COCCn1c(CN2CCC(c3cccc(OCc4ccc5ncccc5c4)n3)CC2)nc2ccc(C(=O)O)cc21. The Morgan fingerprint density at radius 1 is 1.00 bits per heavy atom. The van der Waals surface area contributed by atoms with E-state index in [0.717, 1.165) is 64.9 Å². The van der Waals surface area contributed by atoms with Crippen LogP contribution in [0.1, 0.15) is 46.2 Å². The number of fused-ring (bicyclic) bond motifs is 2. The summed E-state index contributed by atoms with van der Waals surface area (Å²) in [6, 6.07) is 21.3. The van der Waals surface area contributed by atoms with Crippen LogP contribution in [0.25, 0.3) is 21.9 Å². The standard InChI is InChI=1S/C32H33N5O4/c1-40-17-16-37-29-19-25(32(38)39)8-10-28(29)34-30(37)20-36-14-11-23(12-15-36)27-5-2-6-31(35-27)41-21-22-7-9-26-24(18-22)4-3-13-33-26/h2-10,13,18-19,23H,11-12,14-17,20-21H2,1H3,(H,38,39). The van der Waals surface area contributed by atoms with Gasteiger partial charge in [-0.05, 0) is 74.0 Å². The van der Waals surface area contributed by atoms with Gasteiger partial charge < -0.3 is 19.1 Å². The lowest BCUT2D eigenvalue weighted by molar-refractivity contribution is 0.0697. The van der Waals surface area contributed by atoms with Crippen LogP contribution < -0.4 is 4.74 Å². The number of aromatic carboxylic acids is 1. The van der Waals surface area contributed by atoms with Crippen molar-refractivity contribution < 1.29 is 19.4 Å². The van der Waals surface area contributed by atoms with E-state index in [2.05, 4.69) is 32.7 Å². The average molecular weight is 552 g/mol. The highest BCUT2D eigenvalue weighted by molar-refractivity contribution is 5.92. The van der Waals surface area contributed by atoms with Gasteiger partial charge in [0.25, 0.3) is 0 Å². The molecule has 0 aliphatic carbocycles. The predicted molar refractivity (Wildman–Crippen MR) is 156 cm³/mol. The lowest BCUT2D eigenvalue weighted by Crippen LogP contribution is -2.33. The number of pyridine rings is 2. The molecule has 0 radical (unpaired) electrons. The van der Waals surface area contributed by atoms with Crippen molar-refractivity contribution in [1.29, 1.82) is 0 Å². The Bertz CT molecular complexity index is 1680. The Kier molecular flexibility index (Phi) is 7.89. The predicted octanol–water partition coefficient (Wildman–Crippen LogP) is 5.28. The number of imidazole rings is 1. The molecule has 0 spiro atoms. The maximum atomic E-state index is 11.5. The third kappa shape index (κ3) is 6.06. The smallest absolute Gasteiger partial charge is 0.335 e. The Morgan fingerprint density at radius 3 is 2.68 bits per heavy atom. The molecule has 9 heteroatoms. The molecule has 1 fully saturated rings. The number of aromatic nitrogens is 4. The number of ether oxygens (including phenoxy) is 2. The first-order chi connectivity index (χ1) is 20.1. The molecule has 1 saturated heterocycles. The van der Waals surface area contributed by atoms with Gasteiger partial charge in [-0.15, -0.1) is 0 Å².